The molecule has 0 spiro atoms. The van der Waals surface area contributed by atoms with Gasteiger partial charge in [0.25, 0.3) is 0 Å². The number of hydrogen-bond acceptors (Lipinski definition) is 2. The minimum atomic E-state index is -0.492. The molecule has 0 bridgehead atoms. The van der Waals surface area contributed by atoms with Gasteiger partial charge < -0.3 is 16.0 Å². The molecule has 1 aromatic heterocycles. The third-order valence-electron chi connectivity index (χ3n) is 4.53. The molecule has 4 heteroatoms. The zero-order valence-electron chi connectivity index (χ0n) is 14.8. The summed E-state index contributed by atoms with van der Waals surface area (Å²) in [6.07, 6.45) is 11.3. The van der Waals surface area contributed by atoms with Crippen molar-refractivity contribution in [1.82, 2.24) is 10.3 Å². The smallest absolute Gasteiger partial charge is 0.237 e. The van der Waals surface area contributed by atoms with E-state index in [-0.39, 0.29) is 5.91 Å². The van der Waals surface area contributed by atoms with Gasteiger partial charge in [-0.25, -0.2) is 0 Å². The van der Waals surface area contributed by atoms with E-state index >= 15 is 0 Å². The lowest BCUT2D eigenvalue weighted by Gasteiger charge is -2.12. The van der Waals surface area contributed by atoms with Crippen molar-refractivity contribution in [3.8, 4) is 0 Å². The molecular formula is C20H31N3O. The van der Waals surface area contributed by atoms with E-state index in [9.17, 15) is 4.79 Å². The van der Waals surface area contributed by atoms with Crippen LogP contribution in [0.4, 0.5) is 0 Å². The summed E-state index contributed by atoms with van der Waals surface area (Å²) in [5, 5.41) is 4.12. The second-order valence-electron chi connectivity index (χ2n) is 6.58. The van der Waals surface area contributed by atoms with Crippen LogP contribution in [-0.2, 0) is 11.2 Å². The Morgan fingerprint density at radius 2 is 1.83 bits per heavy atom. The maximum Gasteiger partial charge on any atom is 0.237 e. The van der Waals surface area contributed by atoms with E-state index in [0.29, 0.717) is 6.42 Å². The molecule has 1 amide bonds. The molecule has 0 aliphatic heterocycles. The van der Waals surface area contributed by atoms with Crippen molar-refractivity contribution >= 4 is 16.8 Å². The first-order valence-corrected chi connectivity index (χ1v) is 9.30. The molecule has 0 fully saturated rings. The van der Waals surface area contributed by atoms with E-state index in [2.05, 4.69) is 23.3 Å². The van der Waals surface area contributed by atoms with Crippen LogP contribution in [0, 0.1) is 0 Å². The number of H-pyrrole nitrogens is 1. The summed E-state index contributed by atoms with van der Waals surface area (Å²) in [6, 6.07) is 7.60. The zero-order chi connectivity index (χ0) is 17.2. The number of aromatic nitrogens is 1. The Balaban J connectivity index is 1.65. The molecule has 1 aromatic carbocycles. The van der Waals surface area contributed by atoms with Gasteiger partial charge in [0, 0.05) is 23.6 Å². The van der Waals surface area contributed by atoms with Crippen LogP contribution in [0.3, 0.4) is 0 Å². The van der Waals surface area contributed by atoms with Gasteiger partial charge in [-0.2, -0.15) is 0 Å². The molecule has 2 aromatic rings. The average Bonchev–Trinajstić information content (AvgIpc) is 3.00. The minimum absolute atomic E-state index is 0.0498. The summed E-state index contributed by atoms with van der Waals surface area (Å²) in [5.74, 6) is -0.0498. The number of benzene rings is 1. The molecule has 1 heterocycles. The fourth-order valence-electron chi connectivity index (χ4n) is 3.05. The first-order valence-electron chi connectivity index (χ1n) is 9.30. The Labute approximate surface area is 145 Å². The summed E-state index contributed by atoms with van der Waals surface area (Å²) in [7, 11) is 0. The van der Waals surface area contributed by atoms with Crippen LogP contribution in [-0.4, -0.2) is 23.5 Å². The van der Waals surface area contributed by atoms with Crippen LogP contribution in [0.1, 0.15) is 57.4 Å². The van der Waals surface area contributed by atoms with Gasteiger partial charge in [-0.3, -0.25) is 4.79 Å². The molecule has 0 saturated heterocycles. The highest BCUT2D eigenvalue weighted by Gasteiger charge is 2.15. The van der Waals surface area contributed by atoms with Gasteiger partial charge in [0.05, 0.1) is 6.04 Å². The van der Waals surface area contributed by atoms with E-state index in [1.807, 2.05) is 24.4 Å². The number of unbranched alkanes of at least 4 members (excludes halogenated alkanes) is 6. The van der Waals surface area contributed by atoms with Crippen molar-refractivity contribution < 1.29 is 4.79 Å². The van der Waals surface area contributed by atoms with Crippen molar-refractivity contribution in [2.75, 3.05) is 6.54 Å². The number of aromatic amines is 1. The lowest BCUT2D eigenvalue weighted by Crippen LogP contribution is -2.42. The van der Waals surface area contributed by atoms with E-state index < -0.39 is 6.04 Å². The number of para-hydroxylation sites is 1. The average molecular weight is 329 g/mol. The van der Waals surface area contributed by atoms with E-state index in [1.165, 1.54) is 38.5 Å². The quantitative estimate of drug-likeness (QED) is 0.547. The zero-order valence-corrected chi connectivity index (χ0v) is 14.8. The Bertz CT molecular complexity index is 620. The predicted molar refractivity (Wildman–Crippen MR) is 101 cm³/mol. The highest BCUT2D eigenvalue weighted by Crippen LogP contribution is 2.18. The number of nitrogens with two attached hydrogens (primary N) is 1. The second kappa shape index (κ2) is 10.1. The predicted octanol–water partition coefficient (Wildman–Crippen LogP) is 3.90. The Morgan fingerprint density at radius 3 is 2.62 bits per heavy atom. The Morgan fingerprint density at radius 1 is 1.12 bits per heavy atom. The number of carbonyl (C=O) groups is 1. The van der Waals surface area contributed by atoms with Crippen LogP contribution >= 0.6 is 0 Å². The molecule has 0 aliphatic rings. The Kier molecular flexibility index (Phi) is 7.83. The number of amides is 1. The van der Waals surface area contributed by atoms with Crippen LogP contribution in [0.15, 0.2) is 30.5 Å². The maximum atomic E-state index is 12.1. The maximum absolute atomic E-state index is 12.1. The van der Waals surface area contributed by atoms with Crippen molar-refractivity contribution in [2.45, 2.75) is 64.3 Å². The highest BCUT2D eigenvalue weighted by atomic mass is 16.2. The molecule has 0 aliphatic carbocycles. The van der Waals surface area contributed by atoms with Gasteiger partial charge in [0.2, 0.25) is 5.91 Å². The standard InChI is InChI=1S/C20H31N3O/c1-2-3-4-5-6-7-10-13-22-20(24)18(21)14-16-15-23-19-12-9-8-11-17(16)19/h8-9,11-12,15,18,23H,2-7,10,13-14,21H2,1H3,(H,22,24)/t18-/m0/s1. The molecule has 4 nitrogen and oxygen atoms in total. The van der Waals surface area contributed by atoms with Gasteiger partial charge in [0.15, 0.2) is 0 Å². The normalized spacial score (nSPS) is 12.4. The van der Waals surface area contributed by atoms with Crippen LogP contribution in [0.5, 0.6) is 0 Å². The number of carbonyl (C=O) groups excluding carboxylic acids is 1. The lowest BCUT2D eigenvalue weighted by molar-refractivity contribution is -0.122. The van der Waals surface area contributed by atoms with Crippen LogP contribution < -0.4 is 11.1 Å². The van der Waals surface area contributed by atoms with Crippen molar-refractivity contribution in [2.24, 2.45) is 5.73 Å². The molecule has 0 unspecified atom stereocenters. The van der Waals surface area contributed by atoms with Gasteiger partial charge in [-0.15, -0.1) is 0 Å². The summed E-state index contributed by atoms with van der Waals surface area (Å²) in [4.78, 5) is 15.4. The number of hydrogen-bond donors (Lipinski definition) is 3. The number of nitrogens with one attached hydrogen (secondary N) is 2. The monoisotopic (exact) mass is 329 g/mol. The second-order valence-corrected chi connectivity index (χ2v) is 6.58. The fourth-order valence-corrected chi connectivity index (χ4v) is 3.05. The van der Waals surface area contributed by atoms with Crippen molar-refractivity contribution in [3.05, 3.63) is 36.0 Å². The summed E-state index contributed by atoms with van der Waals surface area (Å²) >= 11 is 0. The summed E-state index contributed by atoms with van der Waals surface area (Å²) in [5.41, 5.74) is 8.26. The van der Waals surface area contributed by atoms with Crippen molar-refractivity contribution in [1.29, 1.82) is 0 Å². The third-order valence-corrected chi connectivity index (χ3v) is 4.53. The molecule has 0 radical (unpaired) electrons. The molecular weight excluding hydrogens is 298 g/mol. The number of rotatable bonds is 11. The number of fused-ring (bicyclic) bond motifs is 1. The molecule has 132 valence electrons. The molecule has 0 saturated carbocycles. The van der Waals surface area contributed by atoms with E-state index in [4.69, 9.17) is 5.73 Å². The van der Waals surface area contributed by atoms with Gasteiger partial charge in [-0.1, -0.05) is 63.6 Å². The SMILES string of the molecule is CCCCCCCCCNC(=O)[C@@H](N)Cc1c[nH]c2ccccc12. The molecule has 1 atom stereocenters. The fraction of sp³-hybridized carbons (Fsp3) is 0.550. The first kappa shape index (κ1) is 18.5. The van der Waals surface area contributed by atoms with Gasteiger partial charge >= 0.3 is 0 Å². The third kappa shape index (κ3) is 5.68. The van der Waals surface area contributed by atoms with Gasteiger partial charge in [0.1, 0.15) is 0 Å². The van der Waals surface area contributed by atoms with Crippen molar-refractivity contribution in [3.63, 3.8) is 0 Å². The first-order chi connectivity index (χ1) is 11.7. The summed E-state index contributed by atoms with van der Waals surface area (Å²) in [6.45, 7) is 2.96. The summed E-state index contributed by atoms with van der Waals surface area (Å²) < 4.78 is 0. The topological polar surface area (TPSA) is 70.9 Å². The van der Waals surface area contributed by atoms with Gasteiger partial charge in [-0.05, 0) is 24.5 Å². The van der Waals surface area contributed by atoms with Crippen LogP contribution in [0.2, 0.25) is 0 Å². The largest absolute Gasteiger partial charge is 0.361 e. The Hall–Kier alpha value is -1.81. The molecule has 24 heavy (non-hydrogen) atoms. The van der Waals surface area contributed by atoms with E-state index in [0.717, 1.165) is 29.4 Å². The lowest BCUT2D eigenvalue weighted by atomic mass is 10.0. The molecule has 2 rings (SSSR count). The highest BCUT2D eigenvalue weighted by molar-refractivity contribution is 5.86. The molecule has 4 N–H and O–H groups in total. The van der Waals surface area contributed by atoms with Crippen LogP contribution in [0.25, 0.3) is 10.9 Å². The minimum Gasteiger partial charge on any atom is -0.361 e. The van der Waals surface area contributed by atoms with E-state index in [1.54, 1.807) is 0 Å².